The number of likely N-dealkylation sites (tertiary alicyclic amines) is 1. The van der Waals surface area contributed by atoms with Gasteiger partial charge in [0.2, 0.25) is 0 Å². The lowest BCUT2D eigenvalue weighted by Crippen LogP contribution is -2.35. The van der Waals surface area contributed by atoms with E-state index < -0.39 is 5.82 Å². The highest BCUT2D eigenvalue weighted by atomic mass is 19.1. The summed E-state index contributed by atoms with van der Waals surface area (Å²) >= 11 is 0. The van der Waals surface area contributed by atoms with Gasteiger partial charge in [-0.2, -0.15) is 0 Å². The van der Waals surface area contributed by atoms with Crippen molar-refractivity contribution in [3.63, 3.8) is 0 Å². The van der Waals surface area contributed by atoms with Gasteiger partial charge in [0.25, 0.3) is 0 Å². The van der Waals surface area contributed by atoms with Crippen LogP contribution in [0.25, 0.3) is 0 Å². The van der Waals surface area contributed by atoms with Gasteiger partial charge < -0.3 is 15.0 Å². The molecule has 3 rings (SSSR count). The van der Waals surface area contributed by atoms with Gasteiger partial charge in [-0.05, 0) is 31.5 Å². The van der Waals surface area contributed by atoms with E-state index in [1.54, 1.807) is 11.0 Å². The normalized spacial score (nSPS) is 26.1. The summed E-state index contributed by atoms with van der Waals surface area (Å²) in [6, 6.07) is 5.67. The van der Waals surface area contributed by atoms with E-state index in [1.165, 1.54) is 18.2 Å². The minimum absolute atomic E-state index is 0.223. The van der Waals surface area contributed by atoms with Gasteiger partial charge in [-0.1, -0.05) is 6.07 Å². The van der Waals surface area contributed by atoms with Gasteiger partial charge >= 0.3 is 6.09 Å². The summed E-state index contributed by atoms with van der Waals surface area (Å²) in [5, 5.41) is 3.34. The van der Waals surface area contributed by atoms with E-state index >= 15 is 0 Å². The van der Waals surface area contributed by atoms with Gasteiger partial charge in [0.05, 0.1) is 0 Å². The molecule has 1 spiro atoms. The summed E-state index contributed by atoms with van der Waals surface area (Å²) in [4.78, 5) is 13.7. The molecule has 2 saturated heterocycles. The fraction of sp³-hybridized carbons (Fsp3) is 0.500. The number of amides is 1. The van der Waals surface area contributed by atoms with Crippen molar-refractivity contribution < 1.29 is 13.9 Å². The quantitative estimate of drug-likeness (QED) is 0.843. The molecule has 1 atom stereocenters. The van der Waals surface area contributed by atoms with Gasteiger partial charge in [-0.25, -0.2) is 9.18 Å². The highest BCUT2D eigenvalue weighted by molar-refractivity contribution is 5.71. The van der Waals surface area contributed by atoms with Crippen molar-refractivity contribution in [3.8, 4) is 5.75 Å². The standard InChI is InChI=1S/C14H17FN2O2/c15-11-2-1-3-12(8-11)19-13(18)17-7-5-14(10-17)4-6-16-9-14/h1-3,8,16H,4-7,9-10H2. The van der Waals surface area contributed by atoms with Crippen LogP contribution in [0.1, 0.15) is 12.8 Å². The third-order valence-electron chi connectivity index (χ3n) is 4.03. The number of carbonyl (C=O) groups is 1. The van der Waals surface area contributed by atoms with Gasteiger partial charge in [-0.15, -0.1) is 0 Å². The zero-order chi connectivity index (χ0) is 13.3. The molecule has 1 unspecified atom stereocenters. The average Bonchev–Trinajstić information content (AvgIpc) is 3.00. The first-order valence-corrected chi connectivity index (χ1v) is 6.60. The molecule has 2 heterocycles. The molecule has 0 aliphatic carbocycles. The number of halogens is 1. The monoisotopic (exact) mass is 264 g/mol. The Hall–Kier alpha value is -1.62. The van der Waals surface area contributed by atoms with Crippen LogP contribution in [0.2, 0.25) is 0 Å². The number of hydrogen-bond acceptors (Lipinski definition) is 3. The van der Waals surface area contributed by atoms with Crippen LogP contribution < -0.4 is 10.1 Å². The van der Waals surface area contributed by atoms with Crippen molar-refractivity contribution >= 4 is 6.09 Å². The van der Waals surface area contributed by atoms with Gasteiger partial charge in [0.1, 0.15) is 11.6 Å². The Kier molecular flexibility index (Phi) is 3.14. The van der Waals surface area contributed by atoms with Crippen molar-refractivity contribution in [1.29, 1.82) is 0 Å². The number of nitrogens with one attached hydrogen (secondary N) is 1. The van der Waals surface area contributed by atoms with Crippen molar-refractivity contribution in [3.05, 3.63) is 30.1 Å². The molecule has 1 aromatic carbocycles. The minimum atomic E-state index is -0.400. The van der Waals surface area contributed by atoms with Crippen LogP contribution in [-0.4, -0.2) is 37.2 Å². The lowest BCUT2D eigenvalue weighted by atomic mass is 9.87. The smallest absolute Gasteiger partial charge is 0.410 e. The van der Waals surface area contributed by atoms with E-state index in [9.17, 15) is 9.18 Å². The third-order valence-corrected chi connectivity index (χ3v) is 4.03. The van der Waals surface area contributed by atoms with E-state index in [-0.39, 0.29) is 17.3 Å². The molecule has 0 bridgehead atoms. The van der Waals surface area contributed by atoms with E-state index in [2.05, 4.69) is 5.32 Å². The molecule has 4 nitrogen and oxygen atoms in total. The largest absolute Gasteiger partial charge is 0.415 e. The Balaban J connectivity index is 1.62. The second-order valence-electron chi connectivity index (χ2n) is 5.42. The van der Waals surface area contributed by atoms with E-state index in [1.807, 2.05) is 0 Å². The predicted molar refractivity (Wildman–Crippen MR) is 68.5 cm³/mol. The maximum absolute atomic E-state index is 13.0. The molecule has 0 radical (unpaired) electrons. The first kappa shape index (κ1) is 12.4. The molecule has 0 aromatic heterocycles. The number of carbonyl (C=O) groups excluding carboxylic acids is 1. The minimum Gasteiger partial charge on any atom is -0.410 e. The first-order valence-electron chi connectivity index (χ1n) is 6.60. The summed E-state index contributed by atoms with van der Waals surface area (Å²) in [6.07, 6.45) is 1.74. The average molecular weight is 264 g/mol. The summed E-state index contributed by atoms with van der Waals surface area (Å²) in [6.45, 7) is 3.44. The fourth-order valence-electron chi connectivity index (χ4n) is 2.93. The molecule has 2 aliphatic rings. The number of ether oxygens (including phenoxy) is 1. The van der Waals surface area contributed by atoms with Crippen molar-refractivity contribution in [2.75, 3.05) is 26.2 Å². The molecule has 1 N–H and O–H groups in total. The Labute approximate surface area is 111 Å². The molecule has 1 aromatic rings. The van der Waals surface area contributed by atoms with Crippen molar-refractivity contribution in [2.24, 2.45) is 5.41 Å². The molecule has 5 heteroatoms. The Morgan fingerprint density at radius 2 is 2.32 bits per heavy atom. The van der Waals surface area contributed by atoms with Crippen LogP contribution in [0, 0.1) is 11.2 Å². The molecule has 2 fully saturated rings. The molecule has 1 amide bonds. The van der Waals surface area contributed by atoms with Gasteiger partial charge in [0, 0.05) is 31.1 Å². The van der Waals surface area contributed by atoms with Crippen LogP contribution >= 0.6 is 0 Å². The molecule has 102 valence electrons. The first-order chi connectivity index (χ1) is 9.17. The van der Waals surface area contributed by atoms with E-state index in [0.717, 1.165) is 39.0 Å². The highest BCUT2D eigenvalue weighted by Crippen LogP contribution is 2.36. The summed E-state index contributed by atoms with van der Waals surface area (Å²) in [7, 11) is 0. The van der Waals surface area contributed by atoms with Crippen LogP contribution in [0.15, 0.2) is 24.3 Å². The van der Waals surface area contributed by atoms with Gasteiger partial charge in [-0.3, -0.25) is 0 Å². The maximum Gasteiger partial charge on any atom is 0.415 e. The van der Waals surface area contributed by atoms with Crippen molar-refractivity contribution in [1.82, 2.24) is 10.2 Å². The predicted octanol–water partition coefficient (Wildman–Crippen LogP) is 2.01. The molecule has 2 aliphatic heterocycles. The third kappa shape index (κ3) is 2.56. The number of benzene rings is 1. The molecular weight excluding hydrogens is 247 g/mol. The molecular formula is C14H17FN2O2. The maximum atomic E-state index is 13.0. The SMILES string of the molecule is O=C(Oc1cccc(F)c1)N1CCC2(CCNC2)C1. The topological polar surface area (TPSA) is 41.6 Å². The summed E-state index contributed by atoms with van der Waals surface area (Å²) < 4.78 is 18.2. The summed E-state index contributed by atoms with van der Waals surface area (Å²) in [5.41, 5.74) is 0.223. The molecule has 19 heavy (non-hydrogen) atoms. The van der Waals surface area contributed by atoms with Crippen molar-refractivity contribution in [2.45, 2.75) is 12.8 Å². The summed E-state index contributed by atoms with van der Waals surface area (Å²) in [5.74, 6) is -0.140. The van der Waals surface area contributed by atoms with Gasteiger partial charge in [0.15, 0.2) is 0 Å². The van der Waals surface area contributed by atoms with Crippen LogP contribution in [0.3, 0.4) is 0 Å². The lowest BCUT2D eigenvalue weighted by molar-refractivity contribution is 0.156. The fourth-order valence-corrected chi connectivity index (χ4v) is 2.93. The van der Waals surface area contributed by atoms with Crippen LogP contribution in [-0.2, 0) is 0 Å². The zero-order valence-electron chi connectivity index (χ0n) is 10.7. The Bertz CT molecular complexity index is 486. The number of rotatable bonds is 1. The second-order valence-corrected chi connectivity index (χ2v) is 5.42. The second kappa shape index (κ2) is 4.81. The Morgan fingerprint density at radius 1 is 1.42 bits per heavy atom. The number of hydrogen-bond donors (Lipinski definition) is 1. The van der Waals surface area contributed by atoms with Crippen LogP contribution in [0.5, 0.6) is 5.75 Å². The zero-order valence-corrected chi connectivity index (χ0v) is 10.7. The Morgan fingerprint density at radius 3 is 3.05 bits per heavy atom. The molecule has 0 saturated carbocycles. The highest BCUT2D eigenvalue weighted by Gasteiger charge is 2.42. The lowest BCUT2D eigenvalue weighted by Gasteiger charge is -2.22. The van der Waals surface area contributed by atoms with E-state index in [4.69, 9.17) is 4.74 Å². The number of nitrogens with zero attached hydrogens (tertiary/aromatic N) is 1. The van der Waals surface area contributed by atoms with E-state index in [0.29, 0.717) is 0 Å². The van der Waals surface area contributed by atoms with Crippen LogP contribution in [0.4, 0.5) is 9.18 Å².